The van der Waals surface area contributed by atoms with Crippen LogP contribution in [-0.2, 0) is 16.1 Å². The van der Waals surface area contributed by atoms with Crippen LogP contribution in [0.4, 0.5) is 11.8 Å². The molecule has 0 amide bonds. The molecule has 4 heterocycles. The first-order valence-corrected chi connectivity index (χ1v) is 9.26. The summed E-state index contributed by atoms with van der Waals surface area (Å²) in [5, 5.41) is 0. The van der Waals surface area contributed by atoms with Crippen LogP contribution in [0, 0.1) is 0 Å². The summed E-state index contributed by atoms with van der Waals surface area (Å²) in [5.41, 5.74) is 7.92. The van der Waals surface area contributed by atoms with Gasteiger partial charge in [0.15, 0.2) is 0 Å². The predicted molar refractivity (Wildman–Crippen MR) is 98.9 cm³/mol. The summed E-state index contributed by atoms with van der Waals surface area (Å²) in [4.78, 5) is 15.4. The third-order valence-electron chi connectivity index (χ3n) is 5.06. The number of piperidine rings is 1. The Morgan fingerprint density at radius 2 is 2.08 bits per heavy atom. The molecule has 1 atom stereocenters. The molecule has 0 bridgehead atoms. The maximum Gasteiger partial charge on any atom is 0.222 e. The van der Waals surface area contributed by atoms with E-state index < -0.39 is 0 Å². The average Bonchev–Trinajstić information content (AvgIpc) is 3.22. The molecule has 2 aromatic rings. The van der Waals surface area contributed by atoms with Gasteiger partial charge < -0.3 is 20.1 Å². The lowest BCUT2D eigenvalue weighted by Crippen LogP contribution is -2.37. The summed E-state index contributed by atoms with van der Waals surface area (Å²) in [6, 6.07) is 7.97. The van der Waals surface area contributed by atoms with Crippen molar-refractivity contribution in [3.05, 3.63) is 41.9 Å². The van der Waals surface area contributed by atoms with E-state index in [0.717, 1.165) is 62.8 Å². The molecule has 0 saturated carbocycles. The summed E-state index contributed by atoms with van der Waals surface area (Å²) < 4.78 is 11.5. The van der Waals surface area contributed by atoms with E-state index in [2.05, 4.69) is 25.9 Å². The minimum Gasteiger partial charge on any atom is -0.381 e. The quantitative estimate of drug-likeness (QED) is 0.879. The molecule has 2 aromatic heterocycles. The fraction of sp³-hybridized carbons (Fsp3) is 0.526. The van der Waals surface area contributed by atoms with Gasteiger partial charge in [0.1, 0.15) is 5.82 Å². The van der Waals surface area contributed by atoms with E-state index in [-0.39, 0.29) is 6.10 Å². The number of anilines is 2. The van der Waals surface area contributed by atoms with Gasteiger partial charge >= 0.3 is 0 Å². The number of rotatable bonds is 5. The van der Waals surface area contributed by atoms with Gasteiger partial charge in [0, 0.05) is 37.9 Å². The highest BCUT2D eigenvalue weighted by Crippen LogP contribution is 2.28. The normalized spacial score (nSPS) is 21.2. The van der Waals surface area contributed by atoms with Gasteiger partial charge in [-0.25, -0.2) is 4.98 Å². The van der Waals surface area contributed by atoms with Crippen LogP contribution < -0.4 is 10.6 Å². The van der Waals surface area contributed by atoms with Crippen LogP contribution in [-0.4, -0.2) is 47.4 Å². The Kier molecular flexibility index (Phi) is 5.26. The minimum atomic E-state index is 0.259. The zero-order chi connectivity index (χ0) is 17.8. The highest BCUT2D eigenvalue weighted by atomic mass is 16.5. The SMILES string of the molecule is Nc1nc(C2CCOC2)cc(N2CCC(OCc3ccccn3)CC2)n1. The molecule has 138 valence electrons. The molecule has 0 aromatic carbocycles. The Balaban J connectivity index is 1.34. The number of pyridine rings is 1. The zero-order valence-corrected chi connectivity index (χ0v) is 14.9. The van der Waals surface area contributed by atoms with E-state index >= 15 is 0 Å². The number of nitrogen functional groups attached to an aromatic ring is 1. The second-order valence-corrected chi connectivity index (χ2v) is 6.89. The molecular formula is C19H25N5O2. The van der Waals surface area contributed by atoms with Crippen molar-refractivity contribution in [1.82, 2.24) is 15.0 Å². The molecule has 4 rings (SSSR count). The van der Waals surface area contributed by atoms with E-state index in [9.17, 15) is 0 Å². The van der Waals surface area contributed by atoms with Crippen LogP contribution >= 0.6 is 0 Å². The Hall–Kier alpha value is -2.25. The summed E-state index contributed by atoms with van der Waals surface area (Å²) in [5.74, 6) is 1.60. The van der Waals surface area contributed by atoms with Gasteiger partial charge in [0.2, 0.25) is 5.95 Å². The summed E-state index contributed by atoms with van der Waals surface area (Å²) in [6.45, 7) is 3.90. The van der Waals surface area contributed by atoms with E-state index in [0.29, 0.717) is 18.5 Å². The zero-order valence-electron chi connectivity index (χ0n) is 14.9. The lowest BCUT2D eigenvalue weighted by molar-refractivity contribution is 0.0234. The van der Waals surface area contributed by atoms with Gasteiger partial charge in [-0.1, -0.05) is 6.07 Å². The molecule has 0 aliphatic carbocycles. The lowest BCUT2D eigenvalue weighted by atomic mass is 10.0. The first-order valence-electron chi connectivity index (χ1n) is 9.26. The van der Waals surface area contributed by atoms with Crippen LogP contribution in [0.25, 0.3) is 0 Å². The number of nitrogens with zero attached hydrogens (tertiary/aromatic N) is 4. The average molecular weight is 355 g/mol. The number of hydrogen-bond acceptors (Lipinski definition) is 7. The van der Waals surface area contributed by atoms with Crippen molar-refractivity contribution in [3.8, 4) is 0 Å². The Labute approximate surface area is 153 Å². The van der Waals surface area contributed by atoms with Crippen LogP contribution in [0.15, 0.2) is 30.5 Å². The van der Waals surface area contributed by atoms with Gasteiger partial charge in [-0.15, -0.1) is 0 Å². The number of ether oxygens (including phenoxy) is 2. The van der Waals surface area contributed by atoms with Crippen molar-refractivity contribution < 1.29 is 9.47 Å². The van der Waals surface area contributed by atoms with Gasteiger partial charge in [0.05, 0.1) is 30.7 Å². The molecule has 7 nitrogen and oxygen atoms in total. The molecule has 2 aliphatic rings. The summed E-state index contributed by atoms with van der Waals surface area (Å²) in [6.07, 6.45) is 5.00. The fourth-order valence-electron chi connectivity index (χ4n) is 3.55. The fourth-order valence-corrected chi connectivity index (χ4v) is 3.55. The standard InChI is InChI=1S/C19H25N5O2/c20-19-22-17(14-6-10-25-12-14)11-18(23-19)24-8-4-16(5-9-24)26-13-15-3-1-2-7-21-15/h1-3,7,11,14,16H,4-6,8-10,12-13H2,(H2,20,22,23). The van der Waals surface area contributed by atoms with Crippen LogP contribution in [0.5, 0.6) is 0 Å². The lowest BCUT2D eigenvalue weighted by Gasteiger charge is -2.33. The Morgan fingerprint density at radius 3 is 2.81 bits per heavy atom. The van der Waals surface area contributed by atoms with Crippen molar-refractivity contribution in [1.29, 1.82) is 0 Å². The molecule has 2 aliphatic heterocycles. The highest BCUT2D eigenvalue weighted by molar-refractivity contribution is 5.44. The molecule has 2 saturated heterocycles. The van der Waals surface area contributed by atoms with Crippen LogP contribution in [0.3, 0.4) is 0 Å². The van der Waals surface area contributed by atoms with Crippen molar-refractivity contribution in [2.24, 2.45) is 0 Å². The summed E-state index contributed by atoms with van der Waals surface area (Å²) in [7, 11) is 0. The van der Waals surface area contributed by atoms with Crippen molar-refractivity contribution in [2.75, 3.05) is 36.9 Å². The monoisotopic (exact) mass is 355 g/mol. The largest absolute Gasteiger partial charge is 0.381 e. The molecule has 0 radical (unpaired) electrons. The van der Waals surface area contributed by atoms with E-state index in [1.807, 2.05) is 18.2 Å². The van der Waals surface area contributed by atoms with Crippen molar-refractivity contribution >= 4 is 11.8 Å². The molecule has 2 N–H and O–H groups in total. The highest BCUT2D eigenvalue weighted by Gasteiger charge is 2.24. The molecule has 7 heteroatoms. The third-order valence-corrected chi connectivity index (χ3v) is 5.06. The van der Waals surface area contributed by atoms with Gasteiger partial charge in [-0.3, -0.25) is 4.98 Å². The molecule has 2 fully saturated rings. The maximum absolute atomic E-state index is 6.02. The van der Waals surface area contributed by atoms with E-state index in [1.54, 1.807) is 6.20 Å². The third kappa shape index (κ3) is 4.11. The minimum absolute atomic E-state index is 0.259. The number of hydrogen-bond donors (Lipinski definition) is 1. The summed E-state index contributed by atoms with van der Waals surface area (Å²) >= 11 is 0. The molecular weight excluding hydrogens is 330 g/mol. The second-order valence-electron chi connectivity index (χ2n) is 6.89. The van der Waals surface area contributed by atoms with Crippen molar-refractivity contribution in [3.63, 3.8) is 0 Å². The second kappa shape index (κ2) is 7.97. The number of aromatic nitrogens is 3. The topological polar surface area (TPSA) is 86.4 Å². The first kappa shape index (κ1) is 17.2. The predicted octanol–water partition coefficient (Wildman–Crippen LogP) is 2.14. The molecule has 26 heavy (non-hydrogen) atoms. The van der Waals surface area contributed by atoms with Crippen molar-refractivity contribution in [2.45, 2.75) is 37.9 Å². The smallest absolute Gasteiger partial charge is 0.222 e. The Bertz CT molecular complexity index is 713. The van der Waals surface area contributed by atoms with E-state index in [1.165, 1.54) is 0 Å². The van der Waals surface area contributed by atoms with Crippen LogP contribution in [0.1, 0.15) is 36.6 Å². The van der Waals surface area contributed by atoms with Gasteiger partial charge in [-0.2, -0.15) is 4.98 Å². The van der Waals surface area contributed by atoms with Gasteiger partial charge in [-0.05, 0) is 31.4 Å². The van der Waals surface area contributed by atoms with E-state index in [4.69, 9.17) is 15.2 Å². The molecule has 0 spiro atoms. The van der Waals surface area contributed by atoms with Gasteiger partial charge in [0.25, 0.3) is 0 Å². The maximum atomic E-state index is 6.02. The Morgan fingerprint density at radius 1 is 1.19 bits per heavy atom. The molecule has 1 unspecified atom stereocenters. The first-order chi connectivity index (χ1) is 12.8. The van der Waals surface area contributed by atoms with Crippen LogP contribution in [0.2, 0.25) is 0 Å². The number of nitrogens with two attached hydrogens (primary N) is 1.